The molecule has 164 valence electrons. The Kier molecular flexibility index (Phi) is 8.42. The highest BCUT2D eigenvalue weighted by atomic mass is 19.1. The summed E-state index contributed by atoms with van der Waals surface area (Å²) in [5, 5.41) is 0. The summed E-state index contributed by atoms with van der Waals surface area (Å²) in [5.41, 5.74) is 4.46. The lowest BCUT2D eigenvalue weighted by Gasteiger charge is -2.12. The molecule has 0 aliphatic rings. The zero-order chi connectivity index (χ0) is 22.1. The third-order valence-corrected chi connectivity index (χ3v) is 4.86. The van der Waals surface area contributed by atoms with Crippen molar-refractivity contribution >= 4 is 0 Å². The lowest BCUT2D eigenvalue weighted by Crippen LogP contribution is -2.05. The highest BCUT2D eigenvalue weighted by Crippen LogP contribution is 2.27. The molecule has 1 aromatic heterocycles. The van der Waals surface area contributed by atoms with Crippen LogP contribution in [0.2, 0.25) is 0 Å². The second-order valence-corrected chi connectivity index (χ2v) is 7.56. The summed E-state index contributed by atoms with van der Waals surface area (Å²) in [6.07, 6.45) is 3.62. The quantitative estimate of drug-likeness (QED) is 0.340. The minimum atomic E-state index is -0.285. The van der Waals surface area contributed by atoms with Crippen molar-refractivity contribution in [1.29, 1.82) is 0 Å². The second kappa shape index (κ2) is 11.5. The highest BCUT2D eigenvalue weighted by Gasteiger charge is 2.10. The van der Waals surface area contributed by atoms with Crippen LogP contribution in [-0.4, -0.2) is 24.8 Å². The lowest BCUT2D eigenvalue weighted by molar-refractivity contribution is 0.119. The number of hydrogen-bond acceptors (Lipinski definition) is 4. The Morgan fingerprint density at radius 2 is 1.81 bits per heavy atom. The van der Waals surface area contributed by atoms with Crippen LogP contribution in [0, 0.1) is 19.7 Å². The van der Waals surface area contributed by atoms with E-state index in [0.29, 0.717) is 24.7 Å². The zero-order valence-electron chi connectivity index (χ0n) is 18.5. The summed E-state index contributed by atoms with van der Waals surface area (Å²) < 4.78 is 31.3. The van der Waals surface area contributed by atoms with Crippen LogP contribution in [0.5, 0.6) is 11.6 Å². The molecule has 4 nitrogen and oxygen atoms in total. The van der Waals surface area contributed by atoms with Crippen molar-refractivity contribution in [1.82, 2.24) is 4.98 Å². The molecule has 0 unspecified atom stereocenters. The van der Waals surface area contributed by atoms with Gasteiger partial charge in [0.15, 0.2) is 0 Å². The molecule has 0 aliphatic carbocycles. The molecule has 0 N–H and O–H groups in total. The largest absolute Gasteiger partial charge is 0.489 e. The number of pyridine rings is 1. The van der Waals surface area contributed by atoms with Crippen molar-refractivity contribution in [2.45, 2.75) is 40.2 Å². The highest BCUT2D eigenvalue weighted by molar-refractivity contribution is 5.67. The monoisotopic (exact) mass is 423 g/mol. The molecule has 31 heavy (non-hydrogen) atoms. The lowest BCUT2D eigenvalue weighted by atomic mass is 10.0. The Bertz CT molecular complexity index is 990. The number of nitrogens with zero attached hydrogens (tertiary/aromatic N) is 1. The molecule has 0 saturated heterocycles. The Morgan fingerprint density at radius 3 is 2.58 bits per heavy atom. The number of hydrogen-bond donors (Lipinski definition) is 0. The fraction of sp³-hybridized carbons (Fsp3) is 0.346. The summed E-state index contributed by atoms with van der Waals surface area (Å²) in [5.74, 6) is 1.03. The van der Waals surface area contributed by atoms with Gasteiger partial charge in [-0.05, 0) is 61.2 Å². The maximum atomic E-state index is 14.4. The van der Waals surface area contributed by atoms with Crippen LogP contribution in [0.25, 0.3) is 11.1 Å². The fourth-order valence-electron chi connectivity index (χ4n) is 3.21. The van der Waals surface area contributed by atoms with Crippen LogP contribution in [0.1, 0.15) is 36.5 Å². The van der Waals surface area contributed by atoms with Crippen LogP contribution in [-0.2, 0) is 11.3 Å². The minimum absolute atomic E-state index is 0.164. The van der Waals surface area contributed by atoms with Gasteiger partial charge >= 0.3 is 0 Å². The number of halogens is 1. The molecule has 0 aliphatic heterocycles. The Balaban J connectivity index is 1.64. The van der Waals surface area contributed by atoms with Gasteiger partial charge in [0.2, 0.25) is 5.88 Å². The van der Waals surface area contributed by atoms with Gasteiger partial charge in [-0.25, -0.2) is 9.37 Å². The number of aromatic nitrogens is 1. The zero-order valence-corrected chi connectivity index (χ0v) is 18.5. The maximum absolute atomic E-state index is 14.4. The Labute approximate surface area is 184 Å². The van der Waals surface area contributed by atoms with Gasteiger partial charge in [-0.15, -0.1) is 0 Å². The van der Waals surface area contributed by atoms with Gasteiger partial charge in [0, 0.05) is 43.0 Å². The van der Waals surface area contributed by atoms with Gasteiger partial charge in [-0.1, -0.05) is 25.1 Å². The van der Waals surface area contributed by atoms with E-state index in [9.17, 15) is 4.39 Å². The van der Waals surface area contributed by atoms with Gasteiger partial charge in [0.1, 0.15) is 18.2 Å². The average Bonchev–Trinajstić information content (AvgIpc) is 2.76. The molecule has 0 radical (unpaired) electrons. The molecule has 0 fully saturated rings. The molecule has 0 saturated carbocycles. The normalized spacial score (nSPS) is 10.8. The van der Waals surface area contributed by atoms with Crippen LogP contribution >= 0.6 is 0 Å². The minimum Gasteiger partial charge on any atom is -0.489 e. The van der Waals surface area contributed by atoms with Crippen LogP contribution in [0.15, 0.2) is 54.7 Å². The first-order valence-corrected chi connectivity index (χ1v) is 10.7. The van der Waals surface area contributed by atoms with Gasteiger partial charge in [0.25, 0.3) is 0 Å². The SMILES string of the molecule is CCCOCCCOc1cc(C)c(-c2ccc(F)c(COc3cccc(C)c3)c2)cn1. The predicted molar refractivity (Wildman–Crippen MR) is 121 cm³/mol. The van der Waals surface area contributed by atoms with Gasteiger partial charge in [-0.3, -0.25) is 0 Å². The smallest absolute Gasteiger partial charge is 0.213 e. The molecular weight excluding hydrogens is 393 g/mol. The maximum Gasteiger partial charge on any atom is 0.213 e. The Hall–Kier alpha value is -2.92. The van der Waals surface area contributed by atoms with Gasteiger partial charge < -0.3 is 14.2 Å². The molecule has 3 rings (SSSR count). The number of benzene rings is 2. The van der Waals surface area contributed by atoms with Crippen molar-refractivity contribution < 1.29 is 18.6 Å². The molecule has 0 bridgehead atoms. The number of aryl methyl sites for hydroxylation is 2. The molecule has 0 amide bonds. The van der Waals surface area contributed by atoms with Crippen molar-refractivity contribution in [3.8, 4) is 22.8 Å². The van der Waals surface area contributed by atoms with E-state index in [1.807, 2.05) is 50.2 Å². The van der Waals surface area contributed by atoms with Gasteiger partial charge in [-0.2, -0.15) is 0 Å². The first-order valence-electron chi connectivity index (χ1n) is 10.7. The van der Waals surface area contributed by atoms with E-state index in [1.54, 1.807) is 12.3 Å². The van der Waals surface area contributed by atoms with Crippen molar-refractivity contribution in [3.05, 3.63) is 77.2 Å². The molecule has 1 heterocycles. The van der Waals surface area contributed by atoms with Crippen molar-refractivity contribution in [3.63, 3.8) is 0 Å². The van der Waals surface area contributed by atoms with Crippen LogP contribution < -0.4 is 9.47 Å². The predicted octanol–water partition coefficient (Wildman–Crippen LogP) is 6.28. The van der Waals surface area contributed by atoms with E-state index in [0.717, 1.165) is 47.5 Å². The van der Waals surface area contributed by atoms with E-state index in [2.05, 4.69) is 11.9 Å². The van der Waals surface area contributed by atoms with Gasteiger partial charge in [0.05, 0.1) is 6.61 Å². The number of ether oxygens (including phenoxy) is 3. The topological polar surface area (TPSA) is 40.6 Å². The van der Waals surface area contributed by atoms with Crippen molar-refractivity contribution in [2.75, 3.05) is 19.8 Å². The van der Waals surface area contributed by atoms with Crippen molar-refractivity contribution in [2.24, 2.45) is 0 Å². The molecule has 2 aromatic carbocycles. The average molecular weight is 424 g/mol. The number of rotatable bonds is 11. The summed E-state index contributed by atoms with van der Waals surface area (Å²) in [7, 11) is 0. The van der Waals surface area contributed by atoms with E-state index in [-0.39, 0.29) is 12.4 Å². The van der Waals surface area contributed by atoms with Crippen LogP contribution in [0.4, 0.5) is 4.39 Å². The van der Waals surface area contributed by atoms with E-state index < -0.39 is 0 Å². The molecule has 3 aromatic rings. The molecule has 0 atom stereocenters. The summed E-state index contributed by atoms with van der Waals surface area (Å²) in [4.78, 5) is 4.42. The molecule has 0 spiro atoms. The molecular formula is C26H30FNO3. The summed E-state index contributed by atoms with van der Waals surface area (Å²) in [6, 6.07) is 14.7. The molecule has 5 heteroatoms. The fourth-order valence-corrected chi connectivity index (χ4v) is 3.21. The third-order valence-electron chi connectivity index (χ3n) is 4.86. The second-order valence-electron chi connectivity index (χ2n) is 7.56. The van der Waals surface area contributed by atoms with E-state index in [1.165, 1.54) is 6.07 Å². The van der Waals surface area contributed by atoms with Crippen LogP contribution in [0.3, 0.4) is 0 Å². The first kappa shape index (κ1) is 22.8. The standard InChI is InChI=1S/C26H30FNO3/c1-4-11-29-12-6-13-30-26-15-20(3)24(17-28-26)21-9-10-25(27)22(16-21)18-31-23-8-5-7-19(2)14-23/h5,7-10,14-17H,4,6,11-13,18H2,1-3H3. The Morgan fingerprint density at radius 1 is 0.935 bits per heavy atom. The van der Waals surface area contributed by atoms with E-state index >= 15 is 0 Å². The summed E-state index contributed by atoms with van der Waals surface area (Å²) in [6.45, 7) is 8.28. The first-order chi connectivity index (χ1) is 15.1. The van der Waals surface area contributed by atoms with E-state index in [4.69, 9.17) is 14.2 Å². The summed E-state index contributed by atoms with van der Waals surface area (Å²) >= 11 is 0. The third kappa shape index (κ3) is 6.79.